The van der Waals surface area contributed by atoms with Gasteiger partial charge in [0.05, 0.1) is 12.4 Å². The van der Waals surface area contributed by atoms with E-state index < -0.39 is 0 Å². The zero-order chi connectivity index (χ0) is 15.8. The van der Waals surface area contributed by atoms with Crippen LogP contribution in [0, 0.1) is 0 Å². The van der Waals surface area contributed by atoms with Crippen LogP contribution in [-0.4, -0.2) is 54.0 Å². The lowest BCUT2D eigenvalue weighted by molar-refractivity contribution is 0.0922. The molecule has 0 saturated heterocycles. The third kappa shape index (κ3) is 5.60. The second kappa shape index (κ2) is 8.68. The summed E-state index contributed by atoms with van der Waals surface area (Å²) in [6, 6.07) is 0.298. The maximum absolute atomic E-state index is 12.1. The van der Waals surface area contributed by atoms with Gasteiger partial charge in [0.1, 0.15) is 11.5 Å². The van der Waals surface area contributed by atoms with Gasteiger partial charge in [-0.05, 0) is 39.9 Å². The lowest BCUT2D eigenvalue weighted by Gasteiger charge is -2.22. The van der Waals surface area contributed by atoms with E-state index in [2.05, 4.69) is 39.6 Å². The van der Waals surface area contributed by atoms with E-state index in [1.54, 1.807) is 12.4 Å². The summed E-state index contributed by atoms with van der Waals surface area (Å²) in [5.41, 5.74) is 0.393. The number of amides is 1. The first kappa shape index (κ1) is 16.7. The van der Waals surface area contributed by atoms with E-state index in [9.17, 15) is 4.79 Å². The number of nitrogens with zero attached hydrogens (tertiary/aromatic N) is 3. The molecule has 0 spiro atoms. The summed E-state index contributed by atoms with van der Waals surface area (Å²) in [5.74, 6) is 0.603. The molecule has 22 heavy (non-hydrogen) atoms. The first-order valence-corrected chi connectivity index (χ1v) is 8.16. The average molecular weight is 305 g/mol. The highest BCUT2D eigenvalue weighted by Crippen LogP contribution is 2.17. The Labute approximate surface area is 132 Å². The molecule has 2 N–H and O–H groups in total. The summed E-state index contributed by atoms with van der Waals surface area (Å²) in [4.78, 5) is 22.7. The van der Waals surface area contributed by atoms with Crippen molar-refractivity contribution in [3.05, 3.63) is 18.1 Å². The van der Waals surface area contributed by atoms with Crippen LogP contribution in [0.4, 0.5) is 5.82 Å². The van der Waals surface area contributed by atoms with Crippen LogP contribution in [0.1, 0.15) is 49.0 Å². The normalized spacial score (nSPS) is 15.8. The molecule has 1 saturated carbocycles. The quantitative estimate of drug-likeness (QED) is 0.753. The molecule has 0 aromatic carbocycles. The highest BCUT2D eigenvalue weighted by atomic mass is 16.1. The number of hydrogen-bond acceptors (Lipinski definition) is 5. The molecule has 2 rings (SSSR count). The summed E-state index contributed by atoms with van der Waals surface area (Å²) in [6.45, 7) is 1.88. The number of carbonyl (C=O) groups is 1. The predicted molar refractivity (Wildman–Crippen MR) is 88.0 cm³/mol. The zero-order valence-corrected chi connectivity index (χ0v) is 13.6. The standard InChI is InChI=1S/C16H27N5O/c1-21(2)10-6-9-17-15-12-18-14(11-19-15)16(22)20-13-7-4-3-5-8-13/h11-13H,3-10H2,1-2H3,(H,17,19)(H,20,22). The minimum atomic E-state index is -0.112. The molecule has 1 aliphatic rings. The molecule has 1 aromatic heterocycles. The molecule has 6 nitrogen and oxygen atoms in total. The van der Waals surface area contributed by atoms with Crippen molar-refractivity contribution in [3.63, 3.8) is 0 Å². The monoisotopic (exact) mass is 305 g/mol. The van der Waals surface area contributed by atoms with Crippen molar-refractivity contribution in [1.82, 2.24) is 20.2 Å². The van der Waals surface area contributed by atoms with Crippen molar-refractivity contribution in [2.75, 3.05) is 32.5 Å². The molecule has 0 radical (unpaired) electrons. The van der Waals surface area contributed by atoms with Crippen molar-refractivity contribution >= 4 is 11.7 Å². The highest BCUT2D eigenvalue weighted by Gasteiger charge is 2.17. The molecular formula is C16H27N5O. The predicted octanol–water partition coefficient (Wildman–Crippen LogP) is 1.90. The van der Waals surface area contributed by atoms with Gasteiger partial charge in [-0.1, -0.05) is 19.3 Å². The maximum Gasteiger partial charge on any atom is 0.271 e. The van der Waals surface area contributed by atoms with Gasteiger partial charge in [0, 0.05) is 12.6 Å². The molecule has 6 heteroatoms. The van der Waals surface area contributed by atoms with Gasteiger partial charge in [-0.3, -0.25) is 4.79 Å². The second-order valence-electron chi connectivity index (χ2n) is 6.18. The summed E-state index contributed by atoms with van der Waals surface area (Å²) in [6.07, 6.45) is 10.0. The minimum absolute atomic E-state index is 0.112. The Morgan fingerprint density at radius 2 is 2.00 bits per heavy atom. The molecule has 0 bridgehead atoms. The average Bonchev–Trinajstić information content (AvgIpc) is 2.53. The molecule has 0 aliphatic heterocycles. The van der Waals surface area contributed by atoms with Crippen LogP contribution in [0.25, 0.3) is 0 Å². The summed E-state index contributed by atoms with van der Waals surface area (Å²) < 4.78 is 0. The smallest absolute Gasteiger partial charge is 0.271 e. The van der Waals surface area contributed by atoms with Crippen LogP contribution < -0.4 is 10.6 Å². The summed E-state index contributed by atoms with van der Waals surface area (Å²) in [5, 5.41) is 6.27. The third-order valence-corrected chi connectivity index (χ3v) is 3.91. The lowest BCUT2D eigenvalue weighted by atomic mass is 9.95. The van der Waals surface area contributed by atoms with E-state index in [1.807, 2.05) is 0 Å². The van der Waals surface area contributed by atoms with Gasteiger partial charge in [-0.15, -0.1) is 0 Å². The van der Waals surface area contributed by atoms with E-state index >= 15 is 0 Å². The number of hydrogen-bond donors (Lipinski definition) is 2. The van der Waals surface area contributed by atoms with E-state index in [4.69, 9.17) is 0 Å². The van der Waals surface area contributed by atoms with Gasteiger partial charge < -0.3 is 15.5 Å². The minimum Gasteiger partial charge on any atom is -0.369 e. The number of rotatable bonds is 7. The Morgan fingerprint density at radius 3 is 2.64 bits per heavy atom. The molecule has 1 fully saturated rings. The Morgan fingerprint density at radius 1 is 1.23 bits per heavy atom. The Bertz CT molecular complexity index is 454. The van der Waals surface area contributed by atoms with Crippen LogP contribution in [0.2, 0.25) is 0 Å². The van der Waals surface area contributed by atoms with Crippen LogP contribution in [0.15, 0.2) is 12.4 Å². The number of anilines is 1. The van der Waals surface area contributed by atoms with Gasteiger partial charge in [-0.2, -0.15) is 0 Å². The first-order valence-electron chi connectivity index (χ1n) is 8.16. The van der Waals surface area contributed by atoms with E-state index in [0.29, 0.717) is 17.6 Å². The van der Waals surface area contributed by atoms with Gasteiger partial charge in [0.2, 0.25) is 0 Å². The third-order valence-electron chi connectivity index (χ3n) is 3.91. The number of carbonyl (C=O) groups excluding carboxylic acids is 1. The molecule has 0 unspecified atom stereocenters. The fourth-order valence-corrected chi connectivity index (χ4v) is 2.65. The van der Waals surface area contributed by atoms with Gasteiger partial charge in [0.15, 0.2) is 0 Å². The Balaban J connectivity index is 1.76. The molecule has 0 atom stereocenters. The van der Waals surface area contributed by atoms with Crippen molar-refractivity contribution in [2.45, 2.75) is 44.6 Å². The zero-order valence-electron chi connectivity index (χ0n) is 13.6. The van der Waals surface area contributed by atoms with Crippen LogP contribution in [0.3, 0.4) is 0 Å². The topological polar surface area (TPSA) is 70.2 Å². The molecule has 1 amide bonds. The molecule has 1 heterocycles. The van der Waals surface area contributed by atoms with E-state index in [1.165, 1.54) is 19.3 Å². The van der Waals surface area contributed by atoms with Crippen LogP contribution in [0.5, 0.6) is 0 Å². The van der Waals surface area contributed by atoms with Gasteiger partial charge >= 0.3 is 0 Å². The lowest BCUT2D eigenvalue weighted by Crippen LogP contribution is -2.36. The number of nitrogens with one attached hydrogen (secondary N) is 2. The molecule has 1 aliphatic carbocycles. The summed E-state index contributed by atoms with van der Waals surface area (Å²) in [7, 11) is 4.11. The maximum atomic E-state index is 12.1. The highest BCUT2D eigenvalue weighted by molar-refractivity contribution is 5.92. The fraction of sp³-hybridized carbons (Fsp3) is 0.688. The Hall–Kier alpha value is -1.69. The largest absolute Gasteiger partial charge is 0.369 e. The van der Waals surface area contributed by atoms with Crippen LogP contribution in [-0.2, 0) is 0 Å². The van der Waals surface area contributed by atoms with E-state index in [-0.39, 0.29) is 5.91 Å². The number of aromatic nitrogens is 2. The van der Waals surface area contributed by atoms with E-state index in [0.717, 1.165) is 32.4 Å². The SMILES string of the molecule is CN(C)CCCNc1cnc(C(=O)NC2CCCCC2)cn1. The van der Waals surface area contributed by atoms with Crippen molar-refractivity contribution in [3.8, 4) is 0 Å². The summed E-state index contributed by atoms with van der Waals surface area (Å²) >= 11 is 0. The van der Waals surface area contributed by atoms with Crippen molar-refractivity contribution in [2.24, 2.45) is 0 Å². The van der Waals surface area contributed by atoms with Crippen LogP contribution >= 0.6 is 0 Å². The molecule has 1 aromatic rings. The van der Waals surface area contributed by atoms with Gasteiger partial charge in [0.25, 0.3) is 5.91 Å². The fourth-order valence-electron chi connectivity index (χ4n) is 2.65. The first-order chi connectivity index (χ1) is 10.6. The van der Waals surface area contributed by atoms with Crippen molar-refractivity contribution in [1.29, 1.82) is 0 Å². The van der Waals surface area contributed by atoms with Gasteiger partial charge in [-0.25, -0.2) is 9.97 Å². The van der Waals surface area contributed by atoms with Crippen molar-refractivity contribution < 1.29 is 4.79 Å². The Kier molecular flexibility index (Phi) is 6.58. The second-order valence-corrected chi connectivity index (χ2v) is 6.18. The molecular weight excluding hydrogens is 278 g/mol. The molecule has 122 valence electrons.